The standard InChI is InChI=1S/C25H28N4O5S/c1-5-35(33,34)27-22(31)15-28-24(20-11-9-19(14-26)10-12-20)23(18(4)30)17(3)29(25(28)32)21-8-6-7-16(2)13-21/h6-14,24,26H,5,15H2,1-4H3,(H,27,31)/t24-/m1/s1. The zero-order chi connectivity index (χ0) is 25.9. The van der Waals surface area contributed by atoms with Crippen molar-refractivity contribution < 1.29 is 22.8 Å². The minimum atomic E-state index is -3.85. The van der Waals surface area contributed by atoms with E-state index in [1.165, 1.54) is 29.9 Å². The molecule has 10 heteroatoms. The number of aryl methyl sites for hydroxylation is 1. The Bertz CT molecular complexity index is 1320. The summed E-state index contributed by atoms with van der Waals surface area (Å²) < 4.78 is 25.9. The highest BCUT2D eigenvalue weighted by Gasteiger charge is 2.42. The highest BCUT2D eigenvalue weighted by Crippen LogP contribution is 2.39. The summed E-state index contributed by atoms with van der Waals surface area (Å²) in [4.78, 5) is 42.1. The van der Waals surface area contributed by atoms with Crippen molar-refractivity contribution in [3.05, 3.63) is 76.5 Å². The van der Waals surface area contributed by atoms with Gasteiger partial charge in [0, 0.05) is 17.5 Å². The number of sulfonamides is 1. The molecule has 0 aromatic heterocycles. The number of amides is 3. The molecular weight excluding hydrogens is 468 g/mol. The summed E-state index contributed by atoms with van der Waals surface area (Å²) in [5.74, 6) is -1.47. The number of ketones is 1. The van der Waals surface area contributed by atoms with E-state index in [9.17, 15) is 22.8 Å². The maximum absolute atomic E-state index is 13.8. The van der Waals surface area contributed by atoms with E-state index in [-0.39, 0.29) is 11.5 Å². The Balaban J connectivity index is 2.20. The Morgan fingerprint density at radius 2 is 1.77 bits per heavy atom. The van der Waals surface area contributed by atoms with Crippen LogP contribution >= 0.6 is 0 Å². The number of hydrogen-bond acceptors (Lipinski definition) is 6. The van der Waals surface area contributed by atoms with Crippen LogP contribution in [0.25, 0.3) is 0 Å². The molecule has 1 aliphatic heterocycles. The molecule has 9 nitrogen and oxygen atoms in total. The Morgan fingerprint density at radius 1 is 1.11 bits per heavy atom. The predicted octanol–water partition coefficient (Wildman–Crippen LogP) is 3.30. The van der Waals surface area contributed by atoms with Gasteiger partial charge in [-0.25, -0.2) is 13.2 Å². The minimum absolute atomic E-state index is 0.291. The Hall–Kier alpha value is -3.79. The van der Waals surface area contributed by atoms with Crippen molar-refractivity contribution in [1.82, 2.24) is 9.62 Å². The average Bonchev–Trinajstić information content (AvgIpc) is 2.80. The molecule has 0 fully saturated rings. The third-order valence-corrected chi connectivity index (χ3v) is 7.07. The predicted molar refractivity (Wildman–Crippen MR) is 134 cm³/mol. The molecule has 2 aromatic carbocycles. The third kappa shape index (κ3) is 5.48. The lowest BCUT2D eigenvalue weighted by Gasteiger charge is -2.42. The SMILES string of the molecule is CCS(=O)(=O)NC(=O)CN1C(=O)N(c2cccc(C)c2)C(C)=C(C(C)=O)[C@H]1c1ccc(C=N)cc1. The maximum atomic E-state index is 13.8. The fourth-order valence-electron chi connectivity index (χ4n) is 4.09. The summed E-state index contributed by atoms with van der Waals surface area (Å²) in [6.45, 7) is 5.75. The smallest absolute Gasteiger partial charge is 0.308 e. The number of allylic oxidation sites excluding steroid dienone is 1. The number of Topliss-reactive ketones (excluding diaryl/α,β-unsaturated/α-hetero) is 1. The summed E-state index contributed by atoms with van der Waals surface area (Å²) in [6.07, 6.45) is 1.17. The van der Waals surface area contributed by atoms with Gasteiger partial charge >= 0.3 is 6.03 Å². The fourth-order valence-corrected chi connectivity index (χ4v) is 4.64. The highest BCUT2D eigenvalue weighted by molar-refractivity contribution is 7.90. The van der Waals surface area contributed by atoms with Crippen molar-refractivity contribution >= 4 is 39.6 Å². The average molecular weight is 497 g/mol. The topological polar surface area (TPSA) is 128 Å². The van der Waals surface area contributed by atoms with E-state index in [0.717, 1.165) is 5.56 Å². The molecule has 1 atom stereocenters. The van der Waals surface area contributed by atoms with E-state index in [4.69, 9.17) is 5.41 Å². The van der Waals surface area contributed by atoms with E-state index < -0.39 is 34.5 Å². The summed E-state index contributed by atoms with van der Waals surface area (Å²) in [5, 5.41) is 7.43. The molecule has 1 heterocycles. The molecule has 2 aromatic rings. The summed E-state index contributed by atoms with van der Waals surface area (Å²) in [7, 11) is -3.85. The Labute approximate surface area is 205 Å². The first-order valence-electron chi connectivity index (χ1n) is 11.0. The van der Waals surface area contributed by atoms with Gasteiger partial charge in [0.2, 0.25) is 10.0 Å². The van der Waals surface area contributed by atoms with Crippen molar-refractivity contribution in [2.24, 2.45) is 0 Å². The molecular formula is C25H28N4O5S. The van der Waals surface area contributed by atoms with Crippen LogP contribution in [0.2, 0.25) is 0 Å². The zero-order valence-electron chi connectivity index (χ0n) is 20.0. The molecule has 35 heavy (non-hydrogen) atoms. The fraction of sp³-hybridized carbons (Fsp3) is 0.280. The third-order valence-electron chi connectivity index (χ3n) is 5.77. The molecule has 3 rings (SSSR count). The van der Waals surface area contributed by atoms with Gasteiger partial charge in [0.15, 0.2) is 5.78 Å². The number of carbonyl (C=O) groups excluding carboxylic acids is 3. The number of hydrogen-bond donors (Lipinski definition) is 2. The number of rotatable bonds is 8. The van der Waals surface area contributed by atoms with Gasteiger partial charge in [0.25, 0.3) is 5.91 Å². The number of nitrogens with one attached hydrogen (secondary N) is 2. The van der Waals surface area contributed by atoms with Gasteiger partial charge in [0.1, 0.15) is 6.54 Å². The van der Waals surface area contributed by atoms with Crippen LogP contribution in [0.4, 0.5) is 10.5 Å². The minimum Gasteiger partial charge on any atom is -0.308 e. The summed E-state index contributed by atoms with van der Waals surface area (Å²) >= 11 is 0. The molecule has 1 aliphatic rings. The molecule has 0 bridgehead atoms. The van der Waals surface area contributed by atoms with Crippen LogP contribution in [-0.2, 0) is 19.6 Å². The normalized spacial score (nSPS) is 16.3. The molecule has 2 N–H and O–H groups in total. The molecule has 184 valence electrons. The molecule has 0 spiro atoms. The first-order valence-corrected chi connectivity index (χ1v) is 12.7. The largest absolute Gasteiger partial charge is 0.330 e. The quantitative estimate of drug-likeness (QED) is 0.542. The van der Waals surface area contributed by atoms with Crippen molar-refractivity contribution in [3.8, 4) is 0 Å². The van der Waals surface area contributed by atoms with Crippen molar-refractivity contribution in [2.45, 2.75) is 33.7 Å². The van der Waals surface area contributed by atoms with Crippen LogP contribution in [0, 0.1) is 12.3 Å². The van der Waals surface area contributed by atoms with E-state index in [0.29, 0.717) is 28.1 Å². The van der Waals surface area contributed by atoms with Gasteiger partial charge in [0.05, 0.1) is 17.5 Å². The van der Waals surface area contributed by atoms with Crippen molar-refractivity contribution in [1.29, 1.82) is 5.41 Å². The van der Waals surface area contributed by atoms with Gasteiger partial charge < -0.3 is 10.3 Å². The molecule has 3 amide bonds. The van der Waals surface area contributed by atoms with Gasteiger partial charge in [-0.2, -0.15) is 0 Å². The van der Waals surface area contributed by atoms with Gasteiger partial charge in [-0.15, -0.1) is 0 Å². The van der Waals surface area contributed by atoms with Crippen molar-refractivity contribution in [2.75, 3.05) is 17.2 Å². The van der Waals surface area contributed by atoms with Crippen molar-refractivity contribution in [3.63, 3.8) is 0 Å². The lowest BCUT2D eigenvalue weighted by atomic mass is 9.90. The van der Waals surface area contributed by atoms with E-state index >= 15 is 0 Å². The summed E-state index contributed by atoms with van der Waals surface area (Å²) in [6, 6.07) is 12.4. The molecule has 0 radical (unpaired) electrons. The first kappa shape index (κ1) is 25.8. The van der Waals surface area contributed by atoms with E-state index in [2.05, 4.69) is 0 Å². The highest BCUT2D eigenvalue weighted by atomic mass is 32.2. The number of carbonyl (C=O) groups is 3. The second kappa shape index (κ2) is 10.2. The van der Waals surface area contributed by atoms with E-state index in [1.807, 2.05) is 17.7 Å². The number of urea groups is 1. The van der Waals surface area contributed by atoms with Gasteiger partial charge in [-0.1, -0.05) is 36.4 Å². The molecule has 0 saturated heterocycles. The molecule has 0 saturated carbocycles. The number of nitrogens with zero attached hydrogens (tertiary/aromatic N) is 2. The second-order valence-corrected chi connectivity index (χ2v) is 10.3. The molecule has 0 unspecified atom stereocenters. The van der Waals surface area contributed by atoms with Crippen LogP contribution in [0.1, 0.15) is 43.5 Å². The lowest BCUT2D eigenvalue weighted by Crippen LogP contribution is -2.54. The number of anilines is 1. The van der Waals surface area contributed by atoms with Crippen LogP contribution in [0.3, 0.4) is 0 Å². The maximum Gasteiger partial charge on any atom is 0.330 e. The zero-order valence-corrected chi connectivity index (χ0v) is 20.8. The Morgan fingerprint density at radius 3 is 2.31 bits per heavy atom. The van der Waals surface area contributed by atoms with Crippen LogP contribution < -0.4 is 9.62 Å². The van der Waals surface area contributed by atoms with E-state index in [1.54, 1.807) is 49.4 Å². The monoisotopic (exact) mass is 496 g/mol. The summed E-state index contributed by atoms with van der Waals surface area (Å²) in [5.41, 5.74) is 3.33. The van der Waals surface area contributed by atoms with Crippen LogP contribution in [0.15, 0.2) is 59.8 Å². The number of benzene rings is 2. The van der Waals surface area contributed by atoms with Crippen LogP contribution in [-0.4, -0.2) is 49.6 Å². The lowest BCUT2D eigenvalue weighted by molar-refractivity contribution is -0.121. The van der Waals surface area contributed by atoms with Crippen LogP contribution in [0.5, 0.6) is 0 Å². The van der Waals surface area contributed by atoms with Gasteiger partial charge in [-0.3, -0.25) is 19.2 Å². The molecule has 0 aliphatic carbocycles. The van der Waals surface area contributed by atoms with Gasteiger partial charge in [-0.05, 0) is 56.5 Å². The second-order valence-electron chi connectivity index (χ2n) is 8.28. The Kier molecular flexibility index (Phi) is 7.54. The first-order chi connectivity index (χ1) is 16.5.